The van der Waals surface area contributed by atoms with E-state index in [4.69, 9.17) is 4.74 Å². The van der Waals surface area contributed by atoms with Crippen LogP contribution in [0, 0.1) is 5.92 Å². The minimum atomic E-state index is -0.471. The topological polar surface area (TPSA) is 69.0 Å². The van der Waals surface area contributed by atoms with Crippen molar-refractivity contribution in [2.45, 2.75) is 51.7 Å². The monoisotopic (exact) mass is 312 g/mol. The zero-order valence-electron chi connectivity index (χ0n) is 12.9. The van der Waals surface area contributed by atoms with Gasteiger partial charge in [0.15, 0.2) is 0 Å². The van der Waals surface area contributed by atoms with E-state index in [2.05, 4.69) is 28.3 Å². The quantitative estimate of drug-likeness (QED) is 0.818. The lowest BCUT2D eigenvalue weighted by Crippen LogP contribution is -2.33. The van der Waals surface area contributed by atoms with Crippen molar-refractivity contribution < 1.29 is 9.53 Å². The fraction of sp³-hybridized carbons (Fsp3) is 0.786. The van der Waals surface area contributed by atoms with E-state index in [1.54, 1.807) is 0 Å². The Hall–Kier alpha value is -1.24. The predicted octanol–water partition coefficient (Wildman–Crippen LogP) is 2.23. The lowest BCUT2D eigenvalue weighted by molar-refractivity contribution is 0.0528. The summed E-state index contributed by atoms with van der Waals surface area (Å²) in [6.07, 6.45) is 4.48. The highest BCUT2D eigenvalue weighted by molar-refractivity contribution is 7.80. The lowest BCUT2D eigenvalue weighted by Gasteiger charge is -2.33. The summed E-state index contributed by atoms with van der Waals surface area (Å²) >= 11 is 4.30. The molecule has 0 bridgehead atoms. The van der Waals surface area contributed by atoms with Crippen LogP contribution < -0.4 is 5.32 Å². The number of nitrogens with zero attached hydrogens (tertiary/aromatic N) is 3. The normalized spacial score (nSPS) is 21.7. The van der Waals surface area contributed by atoms with Crippen LogP contribution in [0.5, 0.6) is 0 Å². The Morgan fingerprint density at radius 2 is 2.24 bits per heavy atom. The molecule has 0 unspecified atom stereocenters. The summed E-state index contributed by atoms with van der Waals surface area (Å²) in [7, 11) is 0. The second-order valence-corrected chi connectivity index (χ2v) is 6.91. The molecule has 0 atom stereocenters. The van der Waals surface area contributed by atoms with Crippen LogP contribution in [0.15, 0.2) is 6.20 Å². The number of amides is 1. The minimum Gasteiger partial charge on any atom is -0.444 e. The molecule has 1 saturated carbocycles. The largest absolute Gasteiger partial charge is 0.444 e. The van der Waals surface area contributed by atoms with Crippen molar-refractivity contribution in [1.29, 1.82) is 0 Å². The molecule has 1 aromatic heterocycles. The molecular weight excluding hydrogens is 288 g/mol. The van der Waals surface area contributed by atoms with E-state index >= 15 is 0 Å². The van der Waals surface area contributed by atoms with Gasteiger partial charge in [0.1, 0.15) is 5.60 Å². The summed E-state index contributed by atoms with van der Waals surface area (Å²) in [5.74, 6) is 1.65. The molecule has 0 aromatic carbocycles. The van der Waals surface area contributed by atoms with Gasteiger partial charge in [0.05, 0.1) is 11.7 Å². The number of thiol groups is 1. The number of rotatable bonds is 5. The van der Waals surface area contributed by atoms with Crippen molar-refractivity contribution in [3.05, 3.63) is 11.9 Å². The Balaban J connectivity index is 1.70. The molecule has 7 heteroatoms. The Morgan fingerprint density at radius 3 is 2.86 bits per heavy atom. The van der Waals surface area contributed by atoms with E-state index in [9.17, 15) is 4.79 Å². The Kier molecular flexibility index (Phi) is 5.13. The molecule has 1 aliphatic carbocycles. The van der Waals surface area contributed by atoms with E-state index in [-0.39, 0.29) is 0 Å². The van der Waals surface area contributed by atoms with Crippen molar-refractivity contribution in [3.8, 4) is 0 Å². The molecule has 1 N–H and O–H groups in total. The summed E-state index contributed by atoms with van der Waals surface area (Å²) in [4.78, 5) is 11.5. The minimum absolute atomic E-state index is 0.398. The van der Waals surface area contributed by atoms with E-state index in [0.717, 1.165) is 24.3 Å². The third-order valence-electron chi connectivity index (χ3n) is 3.45. The highest BCUT2D eigenvalue weighted by atomic mass is 32.1. The highest BCUT2D eigenvalue weighted by Gasteiger charge is 2.30. The third kappa shape index (κ3) is 4.91. The van der Waals surface area contributed by atoms with Gasteiger partial charge >= 0.3 is 6.09 Å². The molecule has 0 aliphatic heterocycles. The molecule has 0 radical (unpaired) electrons. The van der Waals surface area contributed by atoms with Crippen LogP contribution in [0.2, 0.25) is 0 Å². The molecule has 1 fully saturated rings. The molecular formula is C14H24N4O2S. The Bertz CT molecular complexity index is 478. The molecule has 1 heterocycles. The van der Waals surface area contributed by atoms with Gasteiger partial charge in [0.2, 0.25) is 0 Å². The van der Waals surface area contributed by atoms with Crippen LogP contribution in [-0.4, -0.2) is 39.0 Å². The molecule has 118 valence electrons. The van der Waals surface area contributed by atoms with E-state index in [0.29, 0.717) is 24.9 Å². The first-order valence-corrected chi connectivity index (χ1v) is 7.99. The van der Waals surface area contributed by atoms with Crippen molar-refractivity contribution in [3.63, 3.8) is 0 Å². The molecule has 1 aliphatic rings. The smallest absolute Gasteiger partial charge is 0.407 e. The van der Waals surface area contributed by atoms with Gasteiger partial charge in [0.25, 0.3) is 0 Å². The van der Waals surface area contributed by atoms with Gasteiger partial charge in [-0.3, -0.25) is 0 Å². The number of aromatic nitrogens is 3. The summed E-state index contributed by atoms with van der Waals surface area (Å²) in [5, 5.41) is 11.0. The van der Waals surface area contributed by atoms with Gasteiger partial charge in [-0.15, -0.1) is 5.10 Å². The lowest BCUT2D eigenvalue weighted by atomic mass is 9.82. The SMILES string of the molecule is CC(C)(C)OC(=O)NCCc1cn(C2CC(CS)C2)nn1. The third-order valence-corrected chi connectivity index (χ3v) is 3.97. The zero-order valence-corrected chi connectivity index (χ0v) is 13.8. The van der Waals surface area contributed by atoms with E-state index in [1.807, 2.05) is 31.6 Å². The van der Waals surface area contributed by atoms with Gasteiger partial charge in [-0.05, 0) is 45.3 Å². The summed E-state index contributed by atoms with van der Waals surface area (Å²) in [6.45, 7) is 6.02. The second-order valence-electron chi connectivity index (χ2n) is 6.54. The molecule has 6 nitrogen and oxygen atoms in total. The van der Waals surface area contributed by atoms with Gasteiger partial charge in [-0.25, -0.2) is 9.48 Å². The maximum Gasteiger partial charge on any atom is 0.407 e. The highest BCUT2D eigenvalue weighted by Crippen LogP contribution is 2.37. The number of ether oxygens (including phenoxy) is 1. The number of carbonyl (C=O) groups excluding carboxylic acids is 1. The average Bonchev–Trinajstić information content (AvgIpc) is 2.74. The van der Waals surface area contributed by atoms with Gasteiger partial charge < -0.3 is 10.1 Å². The van der Waals surface area contributed by atoms with Crippen molar-refractivity contribution in [2.75, 3.05) is 12.3 Å². The fourth-order valence-electron chi connectivity index (χ4n) is 2.28. The van der Waals surface area contributed by atoms with Crippen LogP contribution in [0.3, 0.4) is 0 Å². The number of hydrogen-bond donors (Lipinski definition) is 2. The summed E-state index contributed by atoms with van der Waals surface area (Å²) < 4.78 is 7.10. The van der Waals surface area contributed by atoms with E-state index < -0.39 is 11.7 Å². The summed E-state index contributed by atoms with van der Waals surface area (Å²) in [6, 6.07) is 0.460. The van der Waals surface area contributed by atoms with E-state index in [1.165, 1.54) is 0 Å². The number of carbonyl (C=O) groups is 1. The fourth-order valence-corrected chi connectivity index (χ4v) is 2.58. The number of alkyl carbamates (subject to hydrolysis) is 1. The molecule has 0 saturated heterocycles. The zero-order chi connectivity index (χ0) is 15.5. The van der Waals surface area contributed by atoms with Crippen molar-refractivity contribution >= 4 is 18.7 Å². The second kappa shape index (κ2) is 6.68. The predicted molar refractivity (Wildman–Crippen MR) is 83.6 cm³/mol. The maximum atomic E-state index is 11.5. The summed E-state index contributed by atoms with van der Waals surface area (Å²) in [5.41, 5.74) is 0.418. The van der Waals surface area contributed by atoms with Crippen LogP contribution in [-0.2, 0) is 11.2 Å². The van der Waals surface area contributed by atoms with Crippen molar-refractivity contribution in [1.82, 2.24) is 20.3 Å². The number of nitrogens with one attached hydrogen (secondary N) is 1. The first-order chi connectivity index (χ1) is 9.87. The number of hydrogen-bond acceptors (Lipinski definition) is 5. The molecule has 1 amide bonds. The van der Waals surface area contributed by atoms with Gasteiger partial charge in [0, 0.05) is 19.2 Å². The van der Waals surface area contributed by atoms with Gasteiger partial charge in [-0.2, -0.15) is 12.6 Å². The van der Waals surface area contributed by atoms with Crippen LogP contribution in [0.1, 0.15) is 45.3 Å². The molecule has 1 aromatic rings. The molecule has 2 rings (SSSR count). The Morgan fingerprint density at radius 1 is 1.52 bits per heavy atom. The van der Waals surface area contributed by atoms with Crippen LogP contribution in [0.4, 0.5) is 4.79 Å². The maximum absolute atomic E-state index is 11.5. The molecule has 0 spiro atoms. The van der Waals surface area contributed by atoms with Crippen LogP contribution >= 0.6 is 12.6 Å². The average molecular weight is 312 g/mol. The first-order valence-electron chi connectivity index (χ1n) is 7.36. The van der Waals surface area contributed by atoms with Gasteiger partial charge in [-0.1, -0.05) is 5.21 Å². The van der Waals surface area contributed by atoms with Crippen LogP contribution in [0.25, 0.3) is 0 Å². The van der Waals surface area contributed by atoms with Crippen molar-refractivity contribution in [2.24, 2.45) is 5.92 Å². The Labute approximate surface area is 131 Å². The first kappa shape index (κ1) is 16.1. The molecule has 21 heavy (non-hydrogen) atoms. The standard InChI is InChI=1S/C14H24N4O2S/c1-14(2,3)20-13(19)15-5-4-11-8-18(17-16-11)12-6-10(7-12)9-21/h8,10,12,21H,4-7,9H2,1-3H3,(H,15,19).